The van der Waals surface area contributed by atoms with Crippen molar-refractivity contribution in [1.82, 2.24) is 0 Å². The number of esters is 1. The van der Waals surface area contributed by atoms with Crippen LogP contribution in [0.1, 0.15) is 36.9 Å². The Kier molecular flexibility index (Phi) is 6.11. The number of Topliss-reactive ketones (excluding diaryl/α,β-unsaturated/α-hetero) is 1. The number of carbonyl (C=O) groups is 3. The van der Waals surface area contributed by atoms with Crippen molar-refractivity contribution in [2.24, 2.45) is 5.41 Å². The van der Waals surface area contributed by atoms with E-state index in [1.807, 2.05) is 20.8 Å². The van der Waals surface area contributed by atoms with E-state index in [1.165, 1.54) is 18.4 Å². The standard InChI is InChI=1S/C20H21NO5/c1-20(2,3)19(24)21-15-8-6-14(7-9-15)17(22)13-26-18(23)11-10-16-5-4-12-25-16/h4-12H,13H2,1-3H3,(H,21,24)/b11-10+. The van der Waals surface area contributed by atoms with E-state index < -0.39 is 11.4 Å². The Bertz CT molecular complexity index is 796. The van der Waals surface area contributed by atoms with Crippen LogP contribution in [0.25, 0.3) is 6.08 Å². The third kappa shape index (κ3) is 5.73. The summed E-state index contributed by atoms with van der Waals surface area (Å²) >= 11 is 0. The molecule has 0 fully saturated rings. The maximum absolute atomic E-state index is 12.1. The average Bonchev–Trinajstić information content (AvgIpc) is 3.11. The molecule has 0 saturated carbocycles. The van der Waals surface area contributed by atoms with Gasteiger partial charge in [0.05, 0.1) is 6.26 Å². The lowest BCUT2D eigenvalue weighted by atomic mass is 9.95. The summed E-state index contributed by atoms with van der Waals surface area (Å²) in [5.74, 6) is -0.572. The number of nitrogens with one attached hydrogen (secondary N) is 1. The van der Waals surface area contributed by atoms with Crippen LogP contribution >= 0.6 is 0 Å². The first-order valence-electron chi connectivity index (χ1n) is 8.09. The maximum atomic E-state index is 12.1. The van der Waals surface area contributed by atoms with E-state index in [0.717, 1.165) is 0 Å². The maximum Gasteiger partial charge on any atom is 0.331 e. The molecule has 2 aromatic rings. The molecule has 0 aliphatic rings. The van der Waals surface area contributed by atoms with Gasteiger partial charge >= 0.3 is 5.97 Å². The number of hydrogen-bond acceptors (Lipinski definition) is 5. The van der Waals surface area contributed by atoms with E-state index in [1.54, 1.807) is 36.4 Å². The summed E-state index contributed by atoms with van der Waals surface area (Å²) in [5.41, 5.74) is 0.479. The number of hydrogen-bond donors (Lipinski definition) is 1. The highest BCUT2D eigenvalue weighted by Crippen LogP contribution is 2.18. The van der Waals surface area contributed by atoms with Crippen LogP contribution in [0.2, 0.25) is 0 Å². The van der Waals surface area contributed by atoms with E-state index in [2.05, 4.69) is 5.32 Å². The zero-order valence-electron chi connectivity index (χ0n) is 14.9. The van der Waals surface area contributed by atoms with E-state index in [-0.39, 0.29) is 18.3 Å². The first-order chi connectivity index (χ1) is 12.3. The second-order valence-corrected chi connectivity index (χ2v) is 6.66. The van der Waals surface area contributed by atoms with E-state index in [4.69, 9.17) is 9.15 Å². The molecule has 0 unspecified atom stereocenters. The molecular weight excluding hydrogens is 334 g/mol. The SMILES string of the molecule is CC(C)(C)C(=O)Nc1ccc(C(=O)COC(=O)/C=C/c2ccco2)cc1. The van der Waals surface area contributed by atoms with Crippen molar-refractivity contribution < 1.29 is 23.5 Å². The molecule has 1 aromatic carbocycles. The zero-order chi connectivity index (χ0) is 19.2. The summed E-state index contributed by atoms with van der Waals surface area (Å²) in [5, 5.41) is 2.77. The van der Waals surface area contributed by atoms with Crippen molar-refractivity contribution in [2.45, 2.75) is 20.8 Å². The lowest BCUT2D eigenvalue weighted by Crippen LogP contribution is -2.27. The van der Waals surface area contributed by atoms with Gasteiger partial charge in [0.1, 0.15) is 5.76 Å². The van der Waals surface area contributed by atoms with Gasteiger partial charge in [0, 0.05) is 22.7 Å². The molecule has 6 heteroatoms. The van der Waals surface area contributed by atoms with Crippen LogP contribution < -0.4 is 5.32 Å². The summed E-state index contributed by atoms with van der Waals surface area (Å²) in [6.07, 6.45) is 4.14. The van der Waals surface area contributed by atoms with Crippen LogP contribution in [0.3, 0.4) is 0 Å². The van der Waals surface area contributed by atoms with Crippen LogP contribution in [0, 0.1) is 5.41 Å². The van der Waals surface area contributed by atoms with Gasteiger partial charge in [-0.3, -0.25) is 9.59 Å². The zero-order valence-corrected chi connectivity index (χ0v) is 14.9. The van der Waals surface area contributed by atoms with Crippen molar-refractivity contribution >= 4 is 29.4 Å². The van der Waals surface area contributed by atoms with Gasteiger partial charge in [-0.05, 0) is 42.5 Å². The highest BCUT2D eigenvalue weighted by atomic mass is 16.5. The number of ether oxygens (including phenoxy) is 1. The topological polar surface area (TPSA) is 85.6 Å². The number of benzene rings is 1. The van der Waals surface area contributed by atoms with Gasteiger partial charge in [0.15, 0.2) is 12.4 Å². The number of amides is 1. The molecule has 1 heterocycles. The molecule has 0 radical (unpaired) electrons. The van der Waals surface area contributed by atoms with Gasteiger partial charge in [0.25, 0.3) is 0 Å². The fourth-order valence-electron chi connectivity index (χ4n) is 1.86. The summed E-state index contributed by atoms with van der Waals surface area (Å²) < 4.78 is 9.96. The lowest BCUT2D eigenvalue weighted by Gasteiger charge is -2.17. The van der Waals surface area contributed by atoms with Crippen molar-refractivity contribution in [1.29, 1.82) is 0 Å². The molecule has 0 bridgehead atoms. The molecule has 6 nitrogen and oxygen atoms in total. The van der Waals surface area contributed by atoms with Crippen LogP contribution in [0.15, 0.2) is 53.2 Å². The summed E-state index contributed by atoms with van der Waals surface area (Å²) in [6.45, 7) is 5.08. The van der Waals surface area contributed by atoms with Crippen molar-refractivity contribution in [3.63, 3.8) is 0 Å². The number of rotatable bonds is 6. The normalized spacial score (nSPS) is 11.3. The highest BCUT2D eigenvalue weighted by Gasteiger charge is 2.21. The molecule has 26 heavy (non-hydrogen) atoms. The Labute approximate surface area is 151 Å². The van der Waals surface area contributed by atoms with Crippen LogP contribution in [0.5, 0.6) is 0 Å². The van der Waals surface area contributed by atoms with Gasteiger partial charge < -0.3 is 14.5 Å². The lowest BCUT2D eigenvalue weighted by molar-refractivity contribution is -0.136. The van der Waals surface area contributed by atoms with E-state index >= 15 is 0 Å². The summed E-state index contributed by atoms with van der Waals surface area (Å²) in [6, 6.07) is 9.81. The predicted molar refractivity (Wildman–Crippen MR) is 97.6 cm³/mol. The minimum absolute atomic E-state index is 0.117. The van der Waals surface area contributed by atoms with Gasteiger partial charge in [-0.15, -0.1) is 0 Å². The molecule has 2 rings (SSSR count). The van der Waals surface area contributed by atoms with E-state index in [9.17, 15) is 14.4 Å². The van der Waals surface area contributed by atoms with Crippen molar-refractivity contribution in [3.05, 3.63) is 60.1 Å². The molecule has 0 spiro atoms. The van der Waals surface area contributed by atoms with Crippen molar-refractivity contribution in [2.75, 3.05) is 11.9 Å². The molecule has 1 amide bonds. The average molecular weight is 355 g/mol. The Morgan fingerprint density at radius 1 is 1.12 bits per heavy atom. The predicted octanol–water partition coefficient (Wildman–Crippen LogP) is 3.70. The fourth-order valence-corrected chi connectivity index (χ4v) is 1.86. The van der Waals surface area contributed by atoms with Gasteiger partial charge in [-0.2, -0.15) is 0 Å². The first kappa shape index (κ1) is 19.2. The smallest absolute Gasteiger partial charge is 0.331 e. The Hall–Kier alpha value is -3.15. The third-order valence-electron chi connectivity index (χ3n) is 3.42. The van der Waals surface area contributed by atoms with Gasteiger partial charge in [-0.1, -0.05) is 20.8 Å². The Morgan fingerprint density at radius 2 is 1.81 bits per heavy atom. The van der Waals surface area contributed by atoms with Crippen LogP contribution in [-0.2, 0) is 14.3 Å². The number of anilines is 1. The molecular formula is C20H21NO5. The Balaban J connectivity index is 1.85. The third-order valence-corrected chi connectivity index (χ3v) is 3.42. The molecule has 1 aromatic heterocycles. The second kappa shape index (κ2) is 8.29. The number of carbonyl (C=O) groups excluding carboxylic acids is 3. The largest absolute Gasteiger partial charge is 0.465 e. The molecule has 0 atom stereocenters. The minimum atomic E-state index is -0.635. The molecule has 0 aliphatic heterocycles. The summed E-state index contributed by atoms with van der Waals surface area (Å²) in [4.78, 5) is 35.6. The molecule has 1 N–H and O–H groups in total. The highest BCUT2D eigenvalue weighted by molar-refractivity contribution is 6.00. The second-order valence-electron chi connectivity index (χ2n) is 6.66. The number of furan rings is 1. The summed E-state index contributed by atoms with van der Waals surface area (Å²) in [7, 11) is 0. The molecule has 0 saturated heterocycles. The van der Waals surface area contributed by atoms with Crippen LogP contribution in [-0.4, -0.2) is 24.3 Å². The van der Waals surface area contributed by atoms with Gasteiger partial charge in [0.2, 0.25) is 5.91 Å². The molecule has 0 aliphatic carbocycles. The Morgan fingerprint density at radius 3 is 2.38 bits per heavy atom. The fraction of sp³-hybridized carbons (Fsp3) is 0.250. The number of ketones is 1. The monoisotopic (exact) mass is 355 g/mol. The van der Waals surface area contributed by atoms with E-state index in [0.29, 0.717) is 17.0 Å². The van der Waals surface area contributed by atoms with Crippen molar-refractivity contribution in [3.8, 4) is 0 Å². The van der Waals surface area contributed by atoms with Crippen LogP contribution in [0.4, 0.5) is 5.69 Å². The van der Waals surface area contributed by atoms with Gasteiger partial charge in [-0.25, -0.2) is 4.79 Å². The first-order valence-corrected chi connectivity index (χ1v) is 8.09. The minimum Gasteiger partial charge on any atom is -0.465 e. The quantitative estimate of drug-likeness (QED) is 0.485. The molecule has 136 valence electrons.